The standard InChI is InChI=1S/C20H17Cl2N3O3S2/c1-3-23-19(27)15-6-7-16(30-15)20(28)25-24-10(2)12-9-29-18(17(12)26)11-4-5-13(21)14(22)8-11/h4-9,26H,3H2,1-2H3,(H,23,27)(H,25,28). The number of benzene rings is 1. The number of hydrogen-bond donors (Lipinski definition) is 3. The van der Waals surface area contributed by atoms with Crippen molar-refractivity contribution in [3.63, 3.8) is 0 Å². The highest BCUT2D eigenvalue weighted by Crippen LogP contribution is 2.40. The molecule has 0 atom stereocenters. The molecule has 3 rings (SSSR count). The van der Waals surface area contributed by atoms with E-state index in [1.807, 2.05) is 6.92 Å². The van der Waals surface area contributed by atoms with Gasteiger partial charge in [-0.1, -0.05) is 29.3 Å². The van der Waals surface area contributed by atoms with Crippen LogP contribution in [-0.2, 0) is 0 Å². The number of nitrogens with one attached hydrogen (secondary N) is 2. The smallest absolute Gasteiger partial charge is 0.281 e. The van der Waals surface area contributed by atoms with Crippen LogP contribution in [0.25, 0.3) is 10.4 Å². The number of aromatic hydroxyl groups is 1. The number of amides is 2. The van der Waals surface area contributed by atoms with Crippen molar-refractivity contribution >= 4 is 63.4 Å². The van der Waals surface area contributed by atoms with E-state index in [1.165, 1.54) is 11.3 Å². The summed E-state index contributed by atoms with van der Waals surface area (Å²) in [6, 6.07) is 8.27. The zero-order chi connectivity index (χ0) is 21.8. The van der Waals surface area contributed by atoms with E-state index in [1.54, 1.807) is 42.6 Å². The number of carbonyl (C=O) groups excluding carboxylic acids is 2. The molecule has 1 aromatic carbocycles. The zero-order valence-electron chi connectivity index (χ0n) is 16.0. The SMILES string of the molecule is CCNC(=O)c1ccc(C(=O)NN=C(C)c2csc(-c3ccc(Cl)c(Cl)c3)c2O)s1. The molecule has 0 aliphatic rings. The van der Waals surface area contributed by atoms with Crippen LogP contribution in [0.2, 0.25) is 10.0 Å². The minimum atomic E-state index is -0.436. The van der Waals surface area contributed by atoms with Crippen molar-refractivity contribution in [2.24, 2.45) is 5.10 Å². The maximum Gasteiger partial charge on any atom is 0.281 e. The molecule has 0 saturated carbocycles. The molecule has 0 radical (unpaired) electrons. The summed E-state index contributed by atoms with van der Waals surface area (Å²) in [6.45, 7) is 4.01. The van der Waals surface area contributed by atoms with E-state index in [9.17, 15) is 14.7 Å². The summed E-state index contributed by atoms with van der Waals surface area (Å²) in [5, 5.41) is 19.9. The lowest BCUT2D eigenvalue weighted by molar-refractivity contribution is 0.0952. The van der Waals surface area contributed by atoms with E-state index in [-0.39, 0.29) is 11.7 Å². The van der Waals surface area contributed by atoms with E-state index < -0.39 is 5.91 Å². The Balaban J connectivity index is 1.74. The second kappa shape index (κ2) is 9.61. The van der Waals surface area contributed by atoms with Crippen LogP contribution >= 0.6 is 45.9 Å². The number of hydrogen-bond acceptors (Lipinski definition) is 6. The van der Waals surface area contributed by atoms with Crippen molar-refractivity contribution in [3.8, 4) is 16.2 Å². The largest absolute Gasteiger partial charge is 0.506 e. The highest BCUT2D eigenvalue weighted by atomic mass is 35.5. The Morgan fingerprint density at radius 2 is 1.80 bits per heavy atom. The Morgan fingerprint density at radius 1 is 1.10 bits per heavy atom. The van der Waals surface area contributed by atoms with Gasteiger partial charge < -0.3 is 10.4 Å². The molecule has 3 aromatic rings. The van der Waals surface area contributed by atoms with Gasteiger partial charge in [0.25, 0.3) is 11.8 Å². The average Bonchev–Trinajstić information content (AvgIpc) is 3.35. The molecular formula is C20H17Cl2N3O3S2. The summed E-state index contributed by atoms with van der Waals surface area (Å²) < 4.78 is 0. The van der Waals surface area contributed by atoms with E-state index in [4.69, 9.17) is 23.2 Å². The highest BCUT2D eigenvalue weighted by Gasteiger charge is 2.17. The molecule has 0 saturated heterocycles. The molecule has 2 heterocycles. The van der Waals surface area contributed by atoms with Crippen LogP contribution in [0.3, 0.4) is 0 Å². The first kappa shape index (κ1) is 22.3. The Hall–Kier alpha value is -2.39. The fraction of sp³-hybridized carbons (Fsp3) is 0.150. The van der Waals surface area contributed by atoms with Gasteiger partial charge in [-0.2, -0.15) is 5.10 Å². The van der Waals surface area contributed by atoms with Gasteiger partial charge in [-0.15, -0.1) is 22.7 Å². The van der Waals surface area contributed by atoms with Gasteiger partial charge in [-0.05, 0) is 43.7 Å². The monoisotopic (exact) mass is 481 g/mol. The van der Waals surface area contributed by atoms with Crippen LogP contribution in [-0.4, -0.2) is 29.2 Å². The first-order valence-corrected chi connectivity index (χ1v) is 11.3. The van der Waals surface area contributed by atoms with Gasteiger partial charge in [0.1, 0.15) is 5.75 Å². The minimum Gasteiger partial charge on any atom is -0.506 e. The molecule has 6 nitrogen and oxygen atoms in total. The number of carbonyl (C=O) groups is 2. The van der Waals surface area contributed by atoms with Gasteiger partial charge in [0, 0.05) is 11.9 Å². The van der Waals surface area contributed by atoms with Crippen molar-refractivity contribution in [1.29, 1.82) is 0 Å². The van der Waals surface area contributed by atoms with E-state index in [2.05, 4.69) is 15.8 Å². The van der Waals surface area contributed by atoms with Crippen LogP contribution in [0.15, 0.2) is 40.8 Å². The van der Waals surface area contributed by atoms with Crippen molar-refractivity contribution in [1.82, 2.24) is 10.7 Å². The number of thiophene rings is 2. The van der Waals surface area contributed by atoms with Gasteiger partial charge in [-0.3, -0.25) is 9.59 Å². The van der Waals surface area contributed by atoms with E-state index in [0.717, 1.165) is 16.9 Å². The molecule has 2 amide bonds. The Morgan fingerprint density at radius 3 is 2.47 bits per heavy atom. The number of rotatable bonds is 6. The maximum absolute atomic E-state index is 12.3. The van der Waals surface area contributed by atoms with E-state index in [0.29, 0.717) is 42.5 Å². The summed E-state index contributed by atoms with van der Waals surface area (Å²) >= 11 is 14.4. The van der Waals surface area contributed by atoms with Gasteiger partial charge in [0.15, 0.2) is 0 Å². The minimum absolute atomic E-state index is 0.0449. The lowest BCUT2D eigenvalue weighted by Crippen LogP contribution is -2.21. The molecule has 0 spiro atoms. The quantitative estimate of drug-likeness (QED) is 0.325. The van der Waals surface area contributed by atoms with Crippen LogP contribution in [0, 0.1) is 0 Å². The summed E-state index contributed by atoms with van der Waals surface area (Å²) in [7, 11) is 0. The first-order valence-electron chi connectivity index (χ1n) is 8.80. The summed E-state index contributed by atoms with van der Waals surface area (Å²) in [4.78, 5) is 25.6. The Labute approximate surface area is 191 Å². The molecule has 0 fully saturated rings. The molecule has 10 heteroatoms. The van der Waals surface area contributed by atoms with Crippen LogP contribution in [0.5, 0.6) is 5.75 Å². The third kappa shape index (κ3) is 4.84. The maximum atomic E-state index is 12.3. The second-order valence-corrected chi connectivity index (χ2v) is 8.90. The fourth-order valence-corrected chi connectivity index (χ4v) is 4.64. The molecular weight excluding hydrogens is 465 g/mol. The van der Waals surface area contributed by atoms with E-state index >= 15 is 0 Å². The number of hydrazone groups is 1. The van der Waals surface area contributed by atoms with Gasteiger partial charge >= 0.3 is 0 Å². The van der Waals surface area contributed by atoms with Crippen molar-refractivity contribution in [2.45, 2.75) is 13.8 Å². The Bertz CT molecular complexity index is 1140. The van der Waals surface area contributed by atoms with Crippen molar-refractivity contribution in [2.75, 3.05) is 6.54 Å². The molecule has 0 bridgehead atoms. The summed E-state index contributed by atoms with van der Waals surface area (Å²) in [5.74, 6) is -0.614. The number of halogens is 2. The van der Waals surface area contributed by atoms with Crippen LogP contribution < -0.4 is 10.7 Å². The van der Waals surface area contributed by atoms with Crippen LogP contribution in [0.4, 0.5) is 0 Å². The molecule has 2 aromatic heterocycles. The van der Waals surface area contributed by atoms with Gasteiger partial charge in [-0.25, -0.2) is 5.43 Å². The number of nitrogens with zero attached hydrogens (tertiary/aromatic N) is 1. The zero-order valence-corrected chi connectivity index (χ0v) is 19.1. The summed E-state index contributed by atoms with van der Waals surface area (Å²) in [5.41, 5.74) is 4.12. The molecule has 156 valence electrons. The fourth-order valence-electron chi connectivity index (χ4n) is 2.53. The normalized spacial score (nSPS) is 11.4. The third-order valence-corrected chi connectivity index (χ3v) is 6.89. The van der Waals surface area contributed by atoms with Gasteiger partial charge in [0.2, 0.25) is 0 Å². The molecule has 0 aliphatic heterocycles. The van der Waals surface area contributed by atoms with Crippen molar-refractivity contribution < 1.29 is 14.7 Å². The first-order chi connectivity index (χ1) is 14.3. The lowest BCUT2D eigenvalue weighted by Gasteiger charge is -2.04. The molecule has 0 unspecified atom stereocenters. The van der Waals surface area contributed by atoms with Gasteiger partial charge in [0.05, 0.1) is 36.0 Å². The molecule has 0 aliphatic carbocycles. The Kier molecular flexibility index (Phi) is 7.14. The predicted octanol–water partition coefficient (Wildman–Crippen LogP) is 5.39. The molecule has 3 N–H and O–H groups in total. The third-order valence-electron chi connectivity index (χ3n) is 4.05. The second-order valence-electron chi connectivity index (χ2n) is 6.12. The molecule has 30 heavy (non-hydrogen) atoms. The predicted molar refractivity (Wildman–Crippen MR) is 123 cm³/mol. The lowest BCUT2D eigenvalue weighted by atomic mass is 10.1. The van der Waals surface area contributed by atoms with Crippen molar-refractivity contribution in [3.05, 3.63) is 61.1 Å². The topological polar surface area (TPSA) is 90.8 Å². The highest BCUT2D eigenvalue weighted by molar-refractivity contribution is 7.16. The summed E-state index contributed by atoms with van der Waals surface area (Å²) in [6.07, 6.45) is 0. The van der Waals surface area contributed by atoms with Crippen LogP contribution in [0.1, 0.15) is 38.8 Å². The average molecular weight is 482 g/mol.